The molecule has 0 bridgehead atoms. The number of ether oxygens (including phenoxy) is 2. The van der Waals surface area contributed by atoms with E-state index in [0.29, 0.717) is 63.4 Å². The molecule has 3 fully saturated rings. The quantitative estimate of drug-likeness (QED) is 0.246. The van der Waals surface area contributed by atoms with Gasteiger partial charge in [-0.15, -0.1) is 4.33 Å². The van der Waals surface area contributed by atoms with Crippen LogP contribution in [0.3, 0.4) is 0 Å². The molecule has 0 spiro atoms. The summed E-state index contributed by atoms with van der Waals surface area (Å²) < 4.78 is 32.9. The van der Waals surface area contributed by atoms with Crippen molar-refractivity contribution in [1.82, 2.24) is 14.2 Å². The van der Waals surface area contributed by atoms with E-state index in [1.165, 1.54) is 13.2 Å². The van der Waals surface area contributed by atoms with Crippen LogP contribution in [-0.4, -0.2) is 78.9 Å². The summed E-state index contributed by atoms with van der Waals surface area (Å²) >= 11 is 1.15. The monoisotopic (exact) mass is 470 g/mol. The Kier molecular flexibility index (Phi) is 7.59. The topological polar surface area (TPSA) is 76.6 Å². The van der Waals surface area contributed by atoms with Crippen molar-refractivity contribution in [2.24, 2.45) is 5.92 Å². The molecule has 2 saturated heterocycles. The predicted octanol–water partition coefficient (Wildman–Crippen LogP) is 3.26. The molecule has 178 valence electrons. The van der Waals surface area contributed by atoms with Crippen molar-refractivity contribution >= 4 is 24.1 Å². The summed E-state index contributed by atoms with van der Waals surface area (Å²) in [7, 11) is 1.46. The molecule has 3 aliphatic rings. The van der Waals surface area contributed by atoms with Crippen LogP contribution in [0.1, 0.15) is 32.6 Å². The van der Waals surface area contributed by atoms with Crippen LogP contribution >= 0.6 is 12.2 Å². The Bertz CT molecular complexity index is 783. The van der Waals surface area contributed by atoms with Gasteiger partial charge in [-0.2, -0.15) is 0 Å². The van der Waals surface area contributed by atoms with Gasteiger partial charge >= 0.3 is 6.09 Å². The maximum Gasteiger partial charge on any atom is 0.410 e. The zero-order valence-electron chi connectivity index (χ0n) is 18.6. The highest BCUT2D eigenvalue weighted by atomic mass is 32.2. The molecule has 11 heteroatoms. The minimum atomic E-state index is -0.386. The van der Waals surface area contributed by atoms with Gasteiger partial charge in [0.1, 0.15) is 23.6 Å². The second-order valence-corrected chi connectivity index (χ2v) is 9.56. The van der Waals surface area contributed by atoms with E-state index in [4.69, 9.17) is 13.8 Å². The van der Waals surface area contributed by atoms with E-state index in [9.17, 15) is 9.18 Å². The zero-order chi connectivity index (χ0) is 22.6. The molecule has 1 amide bonds. The maximum absolute atomic E-state index is 14.7. The van der Waals surface area contributed by atoms with Crippen molar-refractivity contribution in [3.63, 3.8) is 0 Å². The van der Waals surface area contributed by atoms with E-state index in [1.54, 1.807) is 11.1 Å². The molecule has 1 aromatic rings. The van der Waals surface area contributed by atoms with Crippen molar-refractivity contribution < 1.29 is 27.9 Å². The van der Waals surface area contributed by atoms with Crippen LogP contribution in [0.5, 0.6) is 5.75 Å². The number of carbonyl (C=O) groups is 1. The first kappa shape index (κ1) is 23.3. The molecule has 0 atom stereocenters. The number of pyridine rings is 1. The van der Waals surface area contributed by atoms with E-state index < -0.39 is 0 Å². The van der Waals surface area contributed by atoms with Crippen molar-refractivity contribution in [1.29, 1.82) is 0 Å². The molecule has 1 aromatic heterocycles. The van der Waals surface area contributed by atoms with Crippen LogP contribution in [0, 0.1) is 11.7 Å². The smallest absolute Gasteiger partial charge is 0.410 e. The van der Waals surface area contributed by atoms with Gasteiger partial charge in [-0.05, 0) is 38.5 Å². The SMILES string of the molecule is COOSN1CCN(c2ncc(OCC3CCN(C(=O)OC4(C)CC4)CC3)cc2F)CC1. The standard InChI is InChI=1S/C21H31FN4O5S/c1-21(5-6-21)30-20(27)25-7-3-16(4-8-25)15-29-17-13-18(22)19(23-14-17)24-9-11-26(12-10-24)32-31-28-2/h13-14,16H,3-12,15H2,1-2H3. The van der Waals surface area contributed by atoms with Crippen molar-refractivity contribution in [2.75, 3.05) is 57.9 Å². The molecule has 0 N–H and O–H groups in total. The number of aromatic nitrogens is 1. The fraction of sp³-hybridized carbons (Fsp3) is 0.714. The lowest BCUT2D eigenvalue weighted by molar-refractivity contribution is -0.163. The summed E-state index contributed by atoms with van der Waals surface area (Å²) in [6.07, 6.45) is 4.95. The third-order valence-corrected chi connectivity index (χ3v) is 6.96. The molecule has 3 heterocycles. The number of hydrogen-bond donors (Lipinski definition) is 0. The van der Waals surface area contributed by atoms with E-state index in [2.05, 4.69) is 9.87 Å². The van der Waals surface area contributed by atoms with Crippen molar-refractivity contribution in [3.8, 4) is 5.75 Å². The van der Waals surface area contributed by atoms with Gasteiger partial charge in [0.25, 0.3) is 0 Å². The third-order valence-electron chi connectivity index (χ3n) is 6.18. The Labute approximate surface area is 192 Å². The highest BCUT2D eigenvalue weighted by Crippen LogP contribution is 2.39. The Balaban J connectivity index is 1.20. The molecule has 9 nitrogen and oxygen atoms in total. The van der Waals surface area contributed by atoms with E-state index in [1.807, 2.05) is 16.1 Å². The summed E-state index contributed by atoms with van der Waals surface area (Å²) in [5.74, 6) is 0.698. The molecule has 1 aliphatic carbocycles. The highest BCUT2D eigenvalue weighted by molar-refractivity contribution is 7.92. The van der Waals surface area contributed by atoms with Crippen LogP contribution in [0.2, 0.25) is 0 Å². The minimum Gasteiger partial charge on any atom is -0.492 e. The fourth-order valence-electron chi connectivity index (χ4n) is 3.82. The first-order valence-electron chi connectivity index (χ1n) is 11.1. The van der Waals surface area contributed by atoms with Crippen LogP contribution in [-0.2, 0) is 14.0 Å². The molecule has 0 radical (unpaired) electrons. The Morgan fingerprint density at radius 2 is 1.94 bits per heavy atom. The predicted molar refractivity (Wildman–Crippen MR) is 118 cm³/mol. The highest BCUT2D eigenvalue weighted by Gasteiger charge is 2.43. The Morgan fingerprint density at radius 3 is 2.56 bits per heavy atom. The number of carbonyl (C=O) groups excluding carboxylic acids is 1. The molecule has 0 aromatic carbocycles. The largest absolute Gasteiger partial charge is 0.492 e. The molecule has 4 rings (SSSR count). The summed E-state index contributed by atoms with van der Waals surface area (Å²) in [5, 5.41) is 0. The Hall–Kier alpha value is -1.82. The van der Waals surface area contributed by atoms with E-state index in [-0.39, 0.29) is 17.5 Å². The summed E-state index contributed by atoms with van der Waals surface area (Å²) in [4.78, 5) is 24.8. The zero-order valence-corrected chi connectivity index (χ0v) is 19.4. The van der Waals surface area contributed by atoms with Crippen LogP contribution in [0.25, 0.3) is 0 Å². The lowest BCUT2D eigenvalue weighted by Gasteiger charge is -2.33. The number of amides is 1. The first-order valence-corrected chi connectivity index (χ1v) is 11.8. The number of piperazine rings is 1. The van der Waals surface area contributed by atoms with Crippen LogP contribution in [0.15, 0.2) is 12.3 Å². The summed E-state index contributed by atoms with van der Waals surface area (Å²) in [6, 6.07) is 1.40. The number of halogens is 1. The van der Waals surface area contributed by atoms with Gasteiger partial charge in [-0.1, -0.05) is 0 Å². The van der Waals surface area contributed by atoms with Crippen molar-refractivity contribution in [3.05, 3.63) is 18.1 Å². The van der Waals surface area contributed by atoms with Crippen molar-refractivity contribution in [2.45, 2.75) is 38.2 Å². The number of nitrogens with zero attached hydrogens (tertiary/aromatic N) is 4. The average molecular weight is 471 g/mol. The second kappa shape index (κ2) is 10.4. The van der Waals surface area contributed by atoms with Gasteiger partial charge in [0.15, 0.2) is 11.6 Å². The average Bonchev–Trinajstić information content (AvgIpc) is 3.53. The van der Waals surface area contributed by atoms with Crippen LogP contribution in [0.4, 0.5) is 15.0 Å². The fourth-order valence-corrected chi connectivity index (χ4v) is 4.28. The summed E-state index contributed by atoms with van der Waals surface area (Å²) in [6.45, 7) is 6.48. The number of likely N-dealkylation sites (tertiary alicyclic amines) is 1. The lowest BCUT2D eigenvalue weighted by atomic mass is 9.98. The number of anilines is 1. The molecule has 1 saturated carbocycles. The van der Waals surface area contributed by atoms with Gasteiger partial charge in [0.2, 0.25) is 0 Å². The van der Waals surface area contributed by atoms with Gasteiger partial charge in [0, 0.05) is 45.3 Å². The maximum atomic E-state index is 14.7. The molecule has 2 aliphatic heterocycles. The molecular weight excluding hydrogens is 439 g/mol. The van der Waals surface area contributed by atoms with Gasteiger partial charge in [-0.25, -0.2) is 23.4 Å². The number of rotatable bonds is 8. The second-order valence-electron chi connectivity index (χ2n) is 8.76. The molecule has 32 heavy (non-hydrogen) atoms. The number of hydrogen-bond acceptors (Lipinski definition) is 9. The Morgan fingerprint density at radius 1 is 1.22 bits per heavy atom. The van der Waals surface area contributed by atoms with Gasteiger partial charge in [0.05, 0.1) is 19.9 Å². The normalized spacial score (nSPS) is 21.5. The molecule has 0 unspecified atom stereocenters. The van der Waals surface area contributed by atoms with Crippen LogP contribution < -0.4 is 9.64 Å². The summed E-state index contributed by atoms with van der Waals surface area (Å²) in [5.41, 5.74) is -0.245. The van der Waals surface area contributed by atoms with Gasteiger partial charge < -0.3 is 19.3 Å². The lowest BCUT2D eigenvalue weighted by Crippen LogP contribution is -2.44. The van der Waals surface area contributed by atoms with E-state index >= 15 is 0 Å². The third kappa shape index (κ3) is 6.15. The first-order chi connectivity index (χ1) is 15.5. The number of piperidine rings is 1. The minimum absolute atomic E-state index is 0.211. The van der Waals surface area contributed by atoms with E-state index in [0.717, 1.165) is 37.9 Å². The van der Waals surface area contributed by atoms with Gasteiger partial charge in [-0.3, -0.25) is 0 Å². The molecular formula is C21H31FN4O5S.